The molecule has 1 aromatic carbocycles. The molecule has 0 atom stereocenters. The molecule has 3 N–H and O–H groups in total. The summed E-state index contributed by atoms with van der Waals surface area (Å²) in [6.07, 6.45) is 3.79. The normalized spacial score (nSPS) is 11.4. The number of halogens is 2. The molecule has 1 rings (SSSR count). The van der Waals surface area contributed by atoms with Crippen LogP contribution in [0.25, 0.3) is 0 Å². The third kappa shape index (κ3) is 3.62. The van der Waals surface area contributed by atoms with Crippen molar-refractivity contribution in [2.24, 2.45) is 0 Å². The van der Waals surface area contributed by atoms with Gasteiger partial charge in [0, 0.05) is 23.0 Å². The summed E-state index contributed by atoms with van der Waals surface area (Å²) in [4.78, 5) is 12.0. The van der Waals surface area contributed by atoms with Gasteiger partial charge in [-0.1, -0.05) is 13.8 Å². The first-order valence-corrected chi connectivity index (χ1v) is 7.69. The smallest absolute Gasteiger partial charge is 0.253 e. The first kappa shape index (κ1) is 16.8. The van der Waals surface area contributed by atoms with Crippen molar-refractivity contribution in [1.29, 1.82) is 0 Å². The molecule has 0 spiro atoms. The lowest BCUT2D eigenvalue weighted by Crippen LogP contribution is -2.39. The fraction of sp³-hybridized carbons (Fsp3) is 0.500. The van der Waals surface area contributed by atoms with Crippen LogP contribution in [0.1, 0.15) is 37.0 Å². The summed E-state index contributed by atoms with van der Waals surface area (Å²) in [5.74, 6) is -2.62. The topological polar surface area (TPSA) is 55.1 Å². The number of carbonyl (C=O) groups is 1. The highest BCUT2D eigenvalue weighted by Gasteiger charge is 2.26. The van der Waals surface area contributed by atoms with Gasteiger partial charge in [-0.2, -0.15) is 11.8 Å². The molecule has 1 amide bonds. The molecule has 0 radical (unpaired) electrons. The van der Waals surface area contributed by atoms with Crippen LogP contribution in [0.4, 0.5) is 14.5 Å². The zero-order valence-corrected chi connectivity index (χ0v) is 12.7. The van der Waals surface area contributed by atoms with E-state index in [0.717, 1.165) is 25.0 Å². The quantitative estimate of drug-likeness (QED) is 0.793. The van der Waals surface area contributed by atoms with Crippen molar-refractivity contribution in [1.82, 2.24) is 5.32 Å². The van der Waals surface area contributed by atoms with E-state index in [1.807, 2.05) is 6.26 Å². The van der Waals surface area contributed by atoms with Crippen LogP contribution in [-0.2, 0) is 0 Å². The van der Waals surface area contributed by atoms with Crippen molar-refractivity contribution >= 4 is 23.4 Å². The van der Waals surface area contributed by atoms with E-state index in [1.54, 1.807) is 11.8 Å². The Labute approximate surface area is 122 Å². The number of nitrogens with two attached hydrogens (primary N) is 1. The molecule has 0 saturated carbocycles. The Bertz CT molecular complexity index is 482. The van der Waals surface area contributed by atoms with E-state index in [2.05, 4.69) is 19.2 Å². The van der Waals surface area contributed by atoms with Crippen LogP contribution >= 0.6 is 11.8 Å². The van der Waals surface area contributed by atoms with Crippen molar-refractivity contribution in [3.8, 4) is 0 Å². The largest absolute Gasteiger partial charge is 0.398 e. The van der Waals surface area contributed by atoms with Crippen LogP contribution in [-0.4, -0.2) is 23.5 Å². The van der Waals surface area contributed by atoms with Crippen LogP contribution in [0.3, 0.4) is 0 Å². The van der Waals surface area contributed by atoms with Gasteiger partial charge in [0.1, 0.15) is 0 Å². The van der Waals surface area contributed by atoms with E-state index < -0.39 is 17.5 Å². The molecule has 0 heterocycles. The summed E-state index contributed by atoms with van der Waals surface area (Å²) in [7, 11) is 0. The Morgan fingerprint density at radius 2 is 1.85 bits per heavy atom. The molecule has 0 saturated heterocycles. The average molecular weight is 302 g/mol. The number of rotatable bonds is 6. The van der Waals surface area contributed by atoms with Gasteiger partial charge in [-0.3, -0.25) is 4.79 Å². The van der Waals surface area contributed by atoms with E-state index in [4.69, 9.17) is 5.73 Å². The predicted molar refractivity (Wildman–Crippen MR) is 79.9 cm³/mol. The molecule has 0 fully saturated rings. The zero-order chi connectivity index (χ0) is 15.3. The second-order valence-electron chi connectivity index (χ2n) is 4.63. The molecule has 6 heteroatoms. The maximum absolute atomic E-state index is 13.2. The van der Waals surface area contributed by atoms with Crippen molar-refractivity contribution in [2.75, 3.05) is 18.5 Å². The minimum Gasteiger partial charge on any atom is -0.398 e. The fourth-order valence-corrected chi connectivity index (χ4v) is 2.75. The molecular formula is C14H20F2N2OS. The minimum atomic E-state index is -1.08. The van der Waals surface area contributed by atoms with Gasteiger partial charge in [-0.15, -0.1) is 0 Å². The van der Waals surface area contributed by atoms with Crippen LogP contribution in [0.15, 0.2) is 12.1 Å². The molecular weight excluding hydrogens is 282 g/mol. The highest BCUT2D eigenvalue weighted by atomic mass is 32.2. The number of benzene rings is 1. The SMILES string of the molecule is CCC(CC)(CNC(=O)c1cc(F)c(F)cc1N)SC. The minimum absolute atomic E-state index is 0.0360. The molecule has 112 valence electrons. The third-order valence-corrected chi connectivity index (χ3v) is 5.22. The second kappa shape index (κ2) is 6.92. The van der Waals surface area contributed by atoms with Crippen molar-refractivity contribution in [3.05, 3.63) is 29.3 Å². The van der Waals surface area contributed by atoms with Crippen molar-refractivity contribution in [2.45, 2.75) is 31.4 Å². The maximum atomic E-state index is 13.2. The first-order chi connectivity index (χ1) is 9.39. The summed E-state index contributed by atoms with van der Waals surface area (Å²) in [6.45, 7) is 4.56. The molecule has 0 bridgehead atoms. The molecule has 0 unspecified atom stereocenters. The number of thioether (sulfide) groups is 1. The molecule has 0 aliphatic heterocycles. The zero-order valence-electron chi connectivity index (χ0n) is 11.9. The molecule has 20 heavy (non-hydrogen) atoms. The number of anilines is 1. The predicted octanol–water partition coefficient (Wildman–Crippen LogP) is 3.20. The Morgan fingerprint density at radius 3 is 2.35 bits per heavy atom. The molecule has 0 aliphatic carbocycles. The summed E-state index contributed by atoms with van der Waals surface area (Å²) in [6, 6.07) is 1.66. The van der Waals surface area contributed by atoms with Gasteiger partial charge in [-0.05, 0) is 25.2 Å². The van der Waals surface area contributed by atoms with E-state index in [1.165, 1.54) is 0 Å². The molecule has 0 aliphatic rings. The number of hydrogen-bond donors (Lipinski definition) is 2. The van der Waals surface area contributed by atoms with E-state index in [-0.39, 0.29) is 16.0 Å². The average Bonchev–Trinajstić information content (AvgIpc) is 2.44. The first-order valence-electron chi connectivity index (χ1n) is 6.47. The van der Waals surface area contributed by atoms with Crippen LogP contribution in [0, 0.1) is 11.6 Å². The van der Waals surface area contributed by atoms with Gasteiger partial charge in [0.05, 0.1) is 5.56 Å². The number of nitrogens with one attached hydrogen (secondary N) is 1. The van der Waals surface area contributed by atoms with Crippen molar-refractivity contribution in [3.63, 3.8) is 0 Å². The fourth-order valence-electron chi connectivity index (χ4n) is 1.96. The van der Waals surface area contributed by atoms with E-state index in [0.29, 0.717) is 6.54 Å². The van der Waals surface area contributed by atoms with E-state index in [9.17, 15) is 13.6 Å². The summed E-state index contributed by atoms with van der Waals surface area (Å²) < 4.78 is 26.1. The highest BCUT2D eigenvalue weighted by Crippen LogP contribution is 2.29. The van der Waals surface area contributed by atoms with Gasteiger partial charge in [0.25, 0.3) is 5.91 Å². The molecule has 3 nitrogen and oxygen atoms in total. The van der Waals surface area contributed by atoms with Crippen LogP contribution in [0.5, 0.6) is 0 Å². The van der Waals surface area contributed by atoms with Gasteiger partial charge >= 0.3 is 0 Å². The number of carbonyl (C=O) groups excluding carboxylic acids is 1. The molecule has 1 aromatic rings. The number of amides is 1. The highest BCUT2D eigenvalue weighted by molar-refractivity contribution is 8.00. The van der Waals surface area contributed by atoms with Gasteiger partial charge in [0.2, 0.25) is 0 Å². The van der Waals surface area contributed by atoms with Gasteiger partial charge < -0.3 is 11.1 Å². The molecule has 0 aromatic heterocycles. The number of hydrogen-bond acceptors (Lipinski definition) is 3. The van der Waals surface area contributed by atoms with Gasteiger partial charge in [-0.25, -0.2) is 8.78 Å². The lowest BCUT2D eigenvalue weighted by Gasteiger charge is -2.29. The Hall–Kier alpha value is -1.30. The summed E-state index contributed by atoms with van der Waals surface area (Å²) in [5.41, 5.74) is 5.45. The third-order valence-electron chi connectivity index (χ3n) is 3.63. The van der Waals surface area contributed by atoms with Crippen LogP contribution < -0.4 is 11.1 Å². The number of nitrogen functional groups attached to an aromatic ring is 1. The lowest BCUT2D eigenvalue weighted by molar-refractivity contribution is 0.0949. The Balaban J connectivity index is 2.85. The summed E-state index contributed by atoms with van der Waals surface area (Å²) >= 11 is 1.68. The monoisotopic (exact) mass is 302 g/mol. The lowest BCUT2D eigenvalue weighted by atomic mass is 10.0. The maximum Gasteiger partial charge on any atom is 0.253 e. The van der Waals surface area contributed by atoms with Gasteiger partial charge in [0.15, 0.2) is 11.6 Å². The van der Waals surface area contributed by atoms with E-state index >= 15 is 0 Å². The van der Waals surface area contributed by atoms with Crippen LogP contribution in [0.2, 0.25) is 0 Å². The Kier molecular flexibility index (Phi) is 5.80. The standard InChI is InChI=1S/C14H20F2N2OS/c1-4-14(5-2,20-3)8-18-13(19)9-6-10(15)11(16)7-12(9)17/h6-7H,4-5,8,17H2,1-3H3,(H,18,19). The Morgan fingerprint density at radius 1 is 1.30 bits per heavy atom. The van der Waals surface area contributed by atoms with Crippen molar-refractivity contribution < 1.29 is 13.6 Å². The second-order valence-corrected chi connectivity index (χ2v) is 5.90. The summed E-state index contributed by atoms with van der Waals surface area (Å²) in [5, 5.41) is 2.75.